The van der Waals surface area contributed by atoms with Crippen molar-refractivity contribution in [3.63, 3.8) is 0 Å². The molecule has 1 atom stereocenters. The second kappa shape index (κ2) is 6.75. The number of carbonyl (C=O) groups is 2. The molecule has 1 N–H and O–H groups in total. The Hall–Kier alpha value is -2.95. The van der Waals surface area contributed by atoms with Crippen molar-refractivity contribution in [3.05, 3.63) is 70.7 Å². The molecule has 5 nitrogen and oxygen atoms in total. The standard InChI is InChI=1S/C21H22N2O3/c1-12(2)19(24)17-18(15-6-5-7-22-11-15)23(21(26)20(17)25)16-9-13(3)8-14(4)10-16/h5-12,18,25H,1-4H3. The molecular formula is C21H22N2O3. The molecular weight excluding hydrogens is 328 g/mol. The molecule has 1 aliphatic rings. The molecule has 0 spiro atoms. The smallest absolute Gasteiger partial charge is 0.294 e. The number of carbonyl (C=O) groups excluding carboxylic acids is 2. The molecule has 1 aliphatic heterocycles. The molecule has 0 aliphatic carbocycles. The van der Waals surface area contributed by atoms with E-state index in [4.69, 9.17) is 0 Å². The zero-order valence-corrected chi connectivity index (χ0v) is 15.4. The average Bonchev–Trinajstić information content (AvgIpc) is 2.85. The van der Waals surface area contributed by atoms with Crippen LogP contribution in [0.25, 0.3) is 0 Å². The highest BCUT2D eigenvalue weighted by Crippen LogP contribution is 2.41. The van der Waals surface area contributed by atoms with Gasteiger partial charge < -0.3 is 5.11 Å². The summed E-state index contributed by atoms with van der Waals surface area (Å²) < 4.78 is 0. The maximum Gasteiger partial charge on any atom is 0.294 e. The number of benzene rings is 1. The molecule has 1 amide bonds. The van der Waals surface area contributed by atoms with Crippen LogP contribution in [0.3, 0.4) is 0 Å². The number of hydrogen-bond acceptors (Lipinski definition) is 4. The highest BCUT2D eigenvalue weighted by atomic mass is 16.3. The first-order valence-electron chi connectivity index (χ1n) is 8.60. The normalized spacial score (nSPS) is 17.3. The van der Waals surface area contributed by atoms with Crippen LogP contribution in [0, 0.1) is 19.8 Å². The summed E-state index contributed by atoms with van der Waals surface area (Å²) in [6.07, 6.45) is 3.26. The average molecular weight is 350 g/mol. The minimum atomic E-state index is -0.688. The molecule has 0 radical (unpaired) electrons. The zero-order chi connectivity index (χ0) is 19.0. The summed E-state index contributed by atoms with van der Waals surface area (Å²) in [5, 5.41) is 10.5. The van der Waals surface area contributed by atoms with Crippen molar-refractivity contribution in [3.8, 4) is 0 Å². The molecule has 1 aromatic carbocycles. The van der Waals surface area contributed by atoms with E-state index in [2.05, 4.69) is 4.98 Å². The van der Waals surface area contributed by atoms with E-state index in [-0.39, 0.29) is 17.3 Å². The minimum Gasteiger partial charge on any atom is -0.503 e. The fraction of sp³-hybridized carbons (Fsp3) is 0.286. The number of aliphatic hydroxyl groups excluding tert-OH is 1. The van der Waals surface area contributed by atoms with Crippen molar-refractivity contribution < 1.29 is 14.7 Å². The van der Waals surface area contributed by atoms with E-state index in [9.17, 15) is 14.7 Å². The van der Waals surface area contributed by atoms with Gasteiger partial charge in [0.1, 0.15) is 0 Å². The van der Waals surface area contributed by atoms with E-state index in [0.29, 0.717) is 11.3 Å². The fourth-order valence-electron chi connectivity index (χ4n) is 3.38. The highest BCUT2D eigenvalue weighted by Gasteiger charge is 2.44. The number of amides is 1. The van der Waals surface area contributed by atoms with E-state index >= 15 is 0 Å². The molecule has 5 heteroatoms. The van der Waals surface area contributed by atoms with Crippen LogP contribution in [0.15, 0.2) is 54.1 Å². The predicted molar refractivity (Wildman–Crippen MR) is 99.9 cm³/mol. The van der Waals surface area contributed by atoms with Gasteiger partial charge in [0, 0.05) is 24.0 Å². The zero-order valence-electron chi connectivity index (χ0n) is 15.4. The lowest BCUT2D eigenvalue weighted by molar-refractivity contribution is -0.119. The summed E-state index contributed by atoms with van der Waals surface area (Å²) in [5.74, 6) is -1.61. The summed E-state index contributed by atoms with van der Waals surface area (Å²) in [6, 6.07) is 8.65. The first kappa shape index (κ1) is 17.9. The monoisotopic (exact) mass is 350 g/mol. The van der Waals surface area contributed by atoms with Gasteiger partial charge in [-0.3, -0.25) is 19.5 Å². The second-order valence-electron chi connectivity index (χ2n) is 6.99. The summed E-state index contributed by atoms with van der Waals surface area (Å²) in [4.78, 5) is 31.3. The van der Waals surface area contributed by atoms with Gasteiger partial charge in [-0.05, 0) is 48.7 Å². The van der Waals surface area contributed by atoms with Crippen molar-refractivity contribution in [2.45, 2.75) is 33.7 Å². The molecule has 2 heterocycles. The second-order valence-corrected chi connectivity index (χ2v) is 6.99. The van der Waals surface area contributed by atoms with Crippen LogP contribution in [0.2, 0.25) is 0 Å². The summed E-state index contributed by atoms with van der Waals surface area (Å²) >= 11 is 0. The molecule has 0 fully saturated rings. The number of ketones is 1. The lowest BCUT2D eigenvalue weighted by Crippen LogP contribution is -2.31. The summed E-state index contributed by atoms with van der Waals surface area (Å²) in [5.41, 5.74) is 3.48. The number of aliphatic hydroxyl groups is 1. The van der Waals surface area contributed by atoms with Crippen molar-refractivity contribution in [2.24, 2.45) is 5.92 Å². The summed E-state index contributed by atoms with van der Waals surface area (Å²) in [7, 11) is 0. The van der Waals surface area contributed by atoms with Gasteiger partial charge in [0.25, 0.3) is 5.91 Å². The lowest BCUT2D eigenvalue weighted by Gasteiger charge is -2.27. The topological polar surface area (TPSA) is 70.5 Å². The SMILES string of the molecule is Cc1cc(C)cc(N2C(=O)C(O)=C(C(=O)C(C)C)C2c2cccnc2)c1. The Morgan fingerprint density at radius 3 is 2.38 bits per heavy atom. The van der Waals surface area contributed by atoms with Crippen molar-refractivity contribution in [1.29, 1.82) is 0 Å². The van der Waals surface area contributed by atoms with E-state index < -0.39 is 17.7 Å². The fourth-order valence-corrected chi connectivity index (χ4v) is 3.38. The summed E-state index contributed by atoms with van der Waals surface area (Å²) in [6.45, 7) is 7.41. The Morgan fingerprint density at radius 1 is 1.19 bits per heavy atom. The van der Waals surface area contributed by atoms with Gasteiger partial charge in [0.05, 0.1) is 11.6 Å². The predicted octanol–water partition coefficient (Wildman–Crippen LogP) is 3.82. The molecule has 2 aromatic rings. The molecule has 134 valence electrons. The number of hydrogen-bond donors (Lipinski definition) is 1. The molecule has 1 unspecified atom stereocenters. The first-order chi connectivity index (χ1) is 12.3. The van der Waals surface area contributed by atoms with Crippen LogP contribution < -0.4 is 4.90 Å². The van der Waals surface area contributed by atoms with Gasteiger partial charge in [0.2, 0.25) is 0 Å². The number of anilines is 1. The lowest BCUT2D eigenvalue weighted by atomic mass is 9.92. The highest BCUT2D eigenvalue weighted by molar-refractivity contribution is 6.16. The Kier molecular flexibility index (Phi) is 4.64. The van der Waals surface area contributed by atoms with Crippen LogP contribution in [0.4, 0.5) is 5.69 Å². The van der Waals surface area contributed by atoms with Gasteiger partial charge in [-0.2, -0.15) is 0 Å². The molecule has 0 bridgehead atoms. The van der Waals surface area contributed by atoms with Gasteiger partial charge in [-0.1, -0.05) is 26.0 Å². The Morgan fingerprint density at radius 2 is 1.85 bits per heavy atom. The largest absolute Gasteiger partial charge is 0.503 e. The Balaban J connectivity index is 2.21. The molecule has 0 saturated carbocycles. The number of pyridine rings is 1. The van der Waals surface area contributed by atoms with Crippen molar-refractivity contribution in [1.82, 2.24) is 4.98 Å². The molecule has 0 saturated heterocycles. The van der Waals surface area contributed by atoms with E-state index in [1.807, 2.05) is 38.1 Å². The van der Waals surface area contributed by atoms with Gasteiger partial charge in [-0.25, -0.2) is 0 Å². The van der Waals surface area contributed by atoms with E-state index in [1.165, 1.54) is 4.90 Å². The number of aryl methyl sites for hydroxylation is 2. The van der Waals surface area contributed by atoms with E-state index in [0.717, 1.165) is 11.1 Å². The molecule has 1 aromatic heterocycles. The van der Waals surface area contributed by atoms with Crippen molar-refractivity contribution >= 4 is 17.4 Å². The minimum absolute atomic E-state index is 0.136. The van der Waals surface area contributed by atoms with Gasteiger partial charge in [-0.15, -0.1) is 0 Å². The number of rotatable bonds is 4. The third-order valence-corrected chi connectivity index (χ3v) is 4.48. The van der Waals surface area contributed by atoms with Gasteiger partial charge >= 0.3 is 0 Å². The van der Waals surface area contributed by atoms with E-state index in [1.54, 1.807) is 32.3 Å². The number of Topliss-reactive ketones (excluding diaryl/α,β-unsaturated/α-hetero) is 1. The Labute approximate surface area is 153 Å². The van der Waals surface area contributed by atoms with Crippen LogP contribution in [0.5, 0.6) is 0 Å². The molecule has 3 rings (SSSR count). The first-order valence-corrected chi connectivity index (χ1v) is 8.60. The number of aromatic nitrogens is 1. The quantitative estimate of drug-likeness (QED) is 0.910. The van der Waals surface area contributed by atoms with Crippen LogP contribution in [-0.2, 0) is 9.59 Å². The Bertz CT molecular complexity index is 880. The number of nitrogens with zero attached hydrogens (tertiary/aromatic N) is 2. The third kappa shape index (κ3) is 3.01. The third-order valence-electron chi connectivity index (χ3n) is 4.48. The van der Waals surface area contributed by atoms with Crippen molar-refractivity contribution in [2.75, 3.05) is 4.90 Å². The van der Waals surface area contributed by atoms with Crippen LogP contribution in [-0.4, -0.2) is 21.8 Å². The maximum absolute atomic E-state index is 12.9. The van der Waals surface area contributed by atoms with Gasteiger partial charge in [0.15, 0.2) is 11.5 Å². The van der Waals surface area contributed by atoms with Crippen LogP contribution >= 0.6 is 0 Å². The van der Waals surface area contributed by atoms with Crippen LogP contribution in [0.1, 0.15) is 36.6 Å². The maximum atomic E-state index is 12.9. The molecule has 26 heavy (non-hydrogen) atoms.